The molecule has 1 unspecified atom stereocenters. The van der Waals surface area contributed by atoms with Crippen molar-refractivity contribution in [3.05, 3.63) is 28.7 Å². The molecule has 0 aromatic heterocycles. The molecule has 1 aromatic carbocycles. The molecule has 1 aliphatic rings. The highest BCUT2D eigenvalue weighted by atomic mass is 79.9. The predicted molar refractivity (Wildman–Crippen MR) is 86.7 cm³/mol. The van der Waals surface area contributed by atoms with Gasteiger partial charge in [-0.25, -0.2) is 0 Å². The fourth-order valence-electron chi connectivity index (χ4n) is 2.33. The van der Waals surface area contributed by atoms with Gasteiger partial charge < -0.3 is 5.32 Å². The van der Waals surface area contributed by atoms with E-state index in [1.54, 1.807) is 0 Å². The molecule has 1 aliphatic carbocycles. The summed E-state index contributed by atoms with van der Waals surface area (Å²) in [6, 6.07) is 7.71. The molecule has 0 aliphatic heterocycles. The molecule has 0 saturated heterocycles. The molecule has 0 heterocycles. The van der Waals surface area contributed by atoms with Gasteiger partial charge in [-0.2, -0.15) is 0 Å². The molecule has 0 bridgehead atoms. The summed E-state index contributed by atoms with van der Waals surface area (Å²) in [4.78, 5) is 12.1. The second-order valence-corrected chi connectivity index (χ2v) is 7.60. The Labute approximate surface area is 127 Å². The standard InChI is InChI=1S/C15H20BrNOS/c1-11(19-14-5-3-2-4-6-14)15(18)17-13-9-7-12(16)8-10-13/h7-11,14H,2-6H2,1H3,(H,17,18). The number of carbonyl (C=O) groups is 1. The monoisotopic (exact) mass is 341 g/mol. The number of amides is 1. The van der Waals surface area contributed by atoms with Crippen LogP contribution in [0, 0.1) is 0 Å². The van der Waals surface area contributed by atoms with Crippen LogP contribution in [0.4, 0.5) is 5.69 Å². The zero-order chi connectivity index (χ0) is 13.7. The molecule has 19 heavy (non-hydrogen) atoms. The highest BCUT2D eigenvalue weighted by molar-refractivity contribution is 9.10. The molecule has 104 valence electrons. The van der Waals surface area contributed by atoms with E-state index in [9.17, 15) is 4.79 Å². The first kappa shape index (κ1) is 14.9. The van der Waals surface area contributed by atoms with Gasteiger partial charge in [0.15, 0.2) is 0 Å². The Hall–Kier alpha value is -0.480. The van der Waals surface area contributed by atoms with Gasteiger partial charge in [0.2, 0.25) is 5.91 Å². The van der Waals surface area contributed by atoms with Crippen LogP contribution >= 0.6 is 27.7 Å². The second-order valence-electron chi connectivity index (χ2n) is 5.03. The topological polar surface area (TPSA) is 29.1 Å². The van der Waals surface area contributed by atoms with Gasteiger partial charge in [0.05, 0.1) is 5.25 Å². The average molecular weight is 342 g/mol. The molecule has 4 heteroatoms. The summed E-state index contributed by atoms with van der Waals surface area (Å²) in [7, 11) is 0. The van der Waals surface area contributed by atoms with Gasteiger partial charge >= 0.3 is 0 Å². The fraction of sp³-hybridized carbons (Fsp3) is 0.533. The number of benzene rings is 1. The molecule has 1 saturated carbocycles. The van der Waals surface area contributed by atoms with Crippen LogP contribution in [0.25, 0.3) is 0 Å². The molecule has 1 N–H and O–H groups in total. The summed E-state index contributed by atoms with van der Waals surface area (Å²) in [5.41, 5.74) is 0.865. The van der Waals surface area contributed by atoms with Crippen molar-refractivity contribution in [2.45, 2.75) is 49.5 Å². The average Bonchev–Trinajstić information content (AvgIpc) is 2.42. The van der Waals surface area contributed by atoms with Crippen molar-refractivity contribution < 1.29 is 4.79 Å². The molecule has 1 fully saturated rings. The number of carbonyl (C=O) groups excluding carboxylic acids is 1. The van der Waals surface area contributed by atoms with Crippen LogP contribution in [0.15, 0.2) is 28.7 Å². The minimum atomic E-state index is 0.0201. The van der Waals surface area contributed by atoms with Crippen LogP contribution in [0.3, 0.4) is 0 Å². The molecule has 1 aromatic rings. The Morgan fingerprint density at radius 1 is 1.26 bits per heavy atom. The molecule has 0 radical (unpaired) electrons. The molecule has 0 spiro atoms. The quantitative estimate of drug-likeness (QED) is 0.848. The largest absolute Gasteiger partial charge is 0.325 e. The smallest absolute Gasteiger partial charge is 0.237 e. The second kappa shape index (κ2) is 7.34. The van der Waals surface area contributed by atoms with E-state index in [1.165, 1.54) is 32.1 Å². The molecule has 1 atom stereocenters. The third-order valence-corrected chi connectivity index (χ3v) is 5.44. The van der Waals surface area contributed by atoms with Crippen molar-refractivity contribution in [1.29, 1.82) is 0 Å². The Morgan fingerprint density at radius 2 is 1.89 bits per heavy atom. The van der Waals surface area contributed by atoms with Gasteiger partial charge in [-0.3, -0.25) is 4.79 Å². The van der Waals surface area contributed by atoms with Crippen molar-refractivity contribution in [1.82, 2.24) is 0 Å². The highest BCUT2D eigenvalue weighted by Crippen LogP contribution is 2.31. The van der Waals surface area contributed by atoms with E-state index >= 15 is 0 Å². The summed E-state index contributed by atoms with van der Waals surface area (Å²) >= 11 is 5.22. The lowest BCUT2D eigenvalue weighted by molar-refractivity contribution is -0.115. The maximum absolute atomic E-state index is 12.1. The first-order valence-corrected chi connectivity index (χ1v) is 8.60. The third kappa shape index (κ3) is 4.84. The molecule has 2 rings (SSSR count). The van der Waals surface area contributed by atoms with Crippen molar-refractivity contribution >= 4 is 39.3 Å². The summed E-state index contributed by atoms with van der Waals surface area (Å²) < 4.78 is 1.02. The number of hydrogen-bond donors (Lipinski definition) is 1. The number of hydrogen-bond acceptors (Lipinski definition) is 2. The van der Waals surface area contributed by atoms with Crippen LogP contribution in [0.5, 0.6) is 0 Å². The highest BCUT2D eigenvalue weighted by Gasteiger charge is 2.21. The van der Waals surface area contributed by atoms with Gasteiger partial charge in [0.1, 0.15) is 0 Å². The van der Waals surface area contributed by atoms with E-state index < -0.39 is 0 Å². The molecular formula is C15H20BrNOS. The number of thioether (sulfide) groups is 1. The number of rotatable bonds is 4. The van der Waals surface area contributed by atoms with Gasteiger partial charge in [0, 0.05) is 15.4 Å². The summed E-state index contributed by atoms with van der Waals surface area (Å²) in [5, 5.41) is 3.66. The van der Waals surface area contributed by atoms with Gasteiger partial charge in [-0.1, -0.05) is 35.2 Å². The normalized spacial score (nSPS) is 18.0. The zero-order valence-electron chi connectivity index (χ0n) is 11.2. The van der Waals surface area contributed by atoms with E-state index in [0.29, 0.717) is 5.25 Å². The van der Waals surface area contributed by atoms with Gasteiger partial charge in [0.25, 0.3) is 0 Å². The maximum atomic E-state index is 12.1. The van der Waals surface area contributed by atoms with Crippen molar-refractivity contribution in [3.8, 4) is 0 Å². The summed E-state index contributed by atoms with van der Waals surface area (Å²) in [5.74, 6) is 0.109. The lowest BCUT2D eigenvalue weighted by atomic mass is 10.0. The first-order valence-electron chi connectivity index (χ1n) is 6.87. The fourth-order valence-corrected chi connectivity index (χ4v) is 3.96. The predicted octanol–water partition coefficient (Wildman–Crippen LogP) is 4.84. The SMILES string of the molecule is CC(SC1CCCCC1)C(=O)Nc1ccc(Br)cc1. The lowest BCUT2D eigenvalue weighted by Gasteiger charge is -2.23. The van der Waals surface area contributed by atoms with E-state index in [2.05, 4.69) is 21.2 Å². The van der Waals surface area contributed by atoms with E-state index in [1.807, 2.05) is 43.0 Å². The van der Waals surface area contributed by atoms with Crippen LogP contribution < -0.4 is 5.32 Å². The van der Waals surface area contributed by atoms with Crippen molar-refractivity contribution in [2.24, 2.45) is 0 Å². The van der Waals surface area contributed by atoms with Crippen LogP contribution in [0.1, 0.15) is 39.0 Å². The Kier molecular flexibility index (Phi) is 5.76. The van der Waals surface area contributed by atoms with E-state index in [4.69, 9.17) is 0 Å². The first-order chi connectivity index (χ1) is 9.15. The van der Waals surface area contributed by atoms with Crippen molar-refractivity contribution in [2.75, 3.05) is 5.32 Å². The van der Waals surface area contributed by atoms with E-state index in [0.717, 1.165) is 10.2 Å². The molecule has 1 amide bonds. The van der Waals surface area contributed by atoms with Gasteiger partial charge in [-0.15, -0.1) is 11.8 Å². The lowest BCUT2D eigenvalue weighted by Crippen LogP contribution is -2.25. The number of anilines is 1. The summed E-state index contributed by atoms with van der Waals surface area (Å²) in [6.07, 6.45) is 6.52. The van der Waals surface area contributed by atoms with Crippen LogP contribution in [0.2, 0.25) is 0 Å². The van der Waals surface area contributed by atoms with E-state index in [-0.39, 0.29) is 11.2 Å². The number of halogens is 1. The Morgan fingerprint density at radius 3 is 2.53 bits per heavy atom. The summed E-state index contributed by atoms with van der Waals surface area (Å²) in [6.45, 7) is 2.01. The van der Waals surface area contributed by atoms with Crippen LogP contribution in [-0.4, -0.2) is 16.4 Å². The molecular weight excluding hydrogens is 322 g/mol. The third-order valence-electron chi connectivity index (χ3n) is 3.43. The minimum absolute atomic E-state index is 0.0201. The Bertz CT molecular complexity index is 415. The minimum Gasteiger partial charge on any atom is -0.325 e. The van der Waals surface area contributed by atoms with Crippen molar-refractivity contribution in [3.63, 3.8) is 0 Å². The zero-order valence-corrected chi connectivity index (χ0v) is 13.6. The van der Waals surface area contributed by atoms with Crippen LogP contribution in [-0.2, 0) is 4.79 Å². The number of nitrogens with one attached hydrogen (secondary N) is 1. The Balaban J connectivity index is 1.83. The van der Waals surface area contributed by atoms with Gasteiger partial charge in [-0.05, 0) is 44.0 Å². The maximum Gasteiger partial charge on any atom is 0.237 e. The molecule has 2 nitrogen and oxygen atoms in total.